The van der Waals surface area contributed by atoms with E-state index < -0.39 is 17.9 Å². The van der Waals surface area contributed by atoms with Gasteiger partial charge in [0.1, 0.15) is 17.6 Å². The average Bonchev–Trinajstić information content (AvgIpc) is 2.86. The van der Waals surface area contributed by atoms with Gasteiger partial charge in [0.05, 0.1) is 21.7 Å². The molecule has 1 atom stereocenters. The zero-order valence-corrected chi connectivity index (χ0v) is 21.0. The number of carbonyl (C=O) groups excluding carboxylic acids is 1. The summed E-state index contributed by atoms with van der Waals surface area (Å²) >= 11 is 12.2. The lowest BCUT2D eigenvalue weighted by atomic mass is 9.93. The molecule has 1 heterocycles. The second-order valence-corrected chi connectivity index (χ2v) is 9.57. The van der Waals surface area contributed by atoms with Crippen LogP contribution in [0.5, 0.6) is 5.75 Å². The molecule has 3 aromatic rings. The summed E-state index contributed by atoms with van der Waals surface area (Å²) in [6, 6.07) is 17.0. The van der Waals surface area contributed by atoms with Crippen LogP contribution in [0.4, 0.5) is 5.82 Å². The van der Waals surface area contributed by atoms with E-state index in [9.17, 15) is 14.7 Å². The number of benzene rings is 2. The van der Waals surface area contributed by atoms with E-state index in [1.54, 1.807) is 12.3 Å². The molecule has 4 rings (SSSR count). The molecule has 1 aliphatic rings. The van der Waals surface area contributed by atoms with Gasteiger partial charge in [0.2, 0.25) is 0 Å². The van der Waals surface area contributed by atoms with Gasteiger partial charge in [0.25, 0.3) is 5.91 Å². The van der Waals surface area contributed by atoms with E-state index in [1.807, 2.05) is 42.5 Å². The maximum Gasteiger partial charge on any atom is 0.326 e. The van der Waals surface area contributed by atoms with Gasteiger partial charge in [-0.2, -0.15) is 0 Å². The number of carbonyl (C=O) groups is 2. The number of aromatic nitrogens is 1. The summed E-state index contributed by atoms with van der Waals surface area (Å²) in [6.45, 7) is 0. The highest BCUT2D eigenvalue weighted by atomic mass is 35.5. The molecule has 2 aromatic carbocycles. The normalized spacial score (nSPS) is 18.2. The Kier molecular flexibility index (Phi) is 8.67. The van der Waals surface area contributed by atoms with Crippen LogP contribution < -0.4 is 15.4 Å². The molecule has 9 heteroatoms. The van der Waals surface area contributed by atoms with Crippen molar-refractivity contribution < 1.29 is 19.4 Å². The van der Waals surface area contributed by atoms with Crippen LogP contribution in [-0.4, -0.2) is 40.2 Å². The number of rotatable bonds is 9. The monoisotopic (exact) mass is 527 g/mol. The Labute approximate surface area is 219 Å². The van der Waals surface area contributed by atoms with Gasteiger partial charge in [0, 0.05) is 18.7 Å². The van der Waals surface area contributed by atoms with E-state index in [0.29, 0.717) is 6.04 Å². The van der Waals surface area contributed by atoms with Gasteiger partial charge < -0.3 is 20.5 Å². The standard InChI is InChI=1S/C27H27Cl2N3O4/c28-21-4-3-5-22(29)25(21)26(33)32-23(27(34)35)16-17-7-11-19(12-8-17)36-20-13-9-18(10-14-20)31-24-6-1-2-15-30-24/h1-8,11-12,15,18,20,23H,9-10,13-14,16H2,(H,30,31)(H,32,33)(H,34,35)/t18-,20+,23-/m0/s1. The van der Waals surface area contributed by atoms with Crippen molar-refractivity contribution in [1.82, 2.24) is 10.3 Å². The lowest BCUT2D eigenvalue weighted by molar-refractivity contribution is -0.139. The second-order valence-electron chi connectivity index (χ2n) is 8.76. The van der Waals surface area contributed by atoms with E-state index in [2.05, 4.69) is 15.6 Å². The third-order valence-corrected chi connectivity index (χ3v) is 6.78. The molecular weight excluding hydrogens is 501 g/mol. The van der Waals surface area contributed by atoms with Gasteiger partial charge >= 0.3 is 5.97 Å². The first-order valence-corrected chi connectivity index (χ1v) is 12.6. The summed E-state index contributed by atoms with van der Waals surface area (Å²) in [6.07, 6.45) is 5.87. The Morgan fingerprint density at radius 2 is 1.67 bits per heavy atom. The van der Waals surface area contributed by atoms with E-state index in [0.717, 1.165) is 42.8 Å². The number of carboxylic acid groups (broad SMARTS) is 1. The van der Waals surface area contributed by atoms with Crippen LogP contribution in [0, 0.1) is 0 Å². The SMILES string of the molecule is O=C(N[C@@H](Cc1ccc(O[C@H]2CC[C@@H](Nc3ccccn3)CC2)cc1)C(=O)O)c1c(Cl)cccc1Cl. The van der Waals surface area contributed by atoms with Crippen molar-refractivity contribution in [2.24, 2.45) is 0 Å². The van der Waals surface area contributed by atoms with Crippen molar-refractivity contribution in [2.45, 2.75) is 50.3 Å². The number of hydrogen-bond donors (Lipinski definition) is 3. The lowest BCUT2D eigenvalue weighted by Crippen LogP contribution is -2.42. The zero-order valence-electron chi connectivity index (χ0n) is 19.5. The highest BCUT2D eigenvalue weighted by Gasteiger charge is 2.25. The number of pyridine rings is 1. The van der Waals surface area contributed by atoms with Gasteiger partial charge in [-0.1, -0.05) is 47.5 Å². The molecule has 3 N–H and O–H groups in total. The number of halogens is 2. The second kappa shape index (κ2) is 12.1. The summed E-state index contributed by atoms with van der Waals surface area (Å²) in [5.74, 6) is -0.157. The maximum atomic E-state index is 12.6. The predicted molar refractivity (Wildman–Crippen MR) is 140 cm³/mol. The fourth-order valence-electron chi connectivity index (χ4n) is 4.26. The summed E-state index contributed by atoms with van der Waals surface area (Å²) in [5, 5.41) is 15.9. The highest BCUT2D eigenvalue weighted by molar-refractivity contribution is 6.39. The topological polar surface area (TPSA) is 101 Å². The molecule has 0 saturated heterocycles. The first-order chi connectivity index (χ1) is 17.4. The summed E-state index contributed by atoms with van der Waals surface area (Å²) in [5.41, 5.74) is 0.810. The van der Waals surface area contributed by atoms with Crippen LogP contribution in [0.3, 0.4) is 0 Å². The summed E-state index contributed by atoms with van der Waals surface area (Å²) in [7, 11) is 0. The summed E-state index contributed by atoms with van der Waals surface area (Å²) in [4.78, 5) is 28.7. The fraction of sp³-hybridized carbons (Fsp3) is 0.296. The highest BCUT2D eigenvalue weighted by Crippen LogP contribution is 2.27. The van der Waals surface area contributed by atoms with E-state index >= 15 is 0 Å². The van der Waals surface area contributed by atoms with Gasteiger partial charge in [-0.25, -0.2) is 9.78 Å². The zero-order chi connectivity index (χ0) is 25.5. The number of carboxylic acids is 1. The molecule has 0 bridgehead atoms. The number of hydrogen-bond acceptors (Lipinski definition) is 5. The van der Waals surface area contributed by atoms with Crippen molar-refractivity contribution in [3.8, 4) is 5.75 Å². The van der Waals surface area contributed by atoms with Gasteiger partial charge in [-0.3, -0.25) is 4.79 Å². The van der Waals surface area contributed by atoms with Crippen molar-refractivity contribution in [2.75, 3.05) is 5.32 Å². The fourth-order valence-corrected chi connectivity index (χ4v) is 4.83. The molecule has 0 radical (unpaired) electrons. The maximum absolute atomic E-state index is 12.6. The Morgan fingerprint density at radius 3 is 2.28 bits per heavy atom. The van der Waals surface area contributed by atoms with Gasteiger partial charge in [-0.15, -0.1) is 0 Å². The lowest BCUT2D eigenvalue weighted by Gasteiger charge is -2.29. The smallest absolute Gasteiger partial charge is 0.326 e. The van der Waals surface area contributed by atoms with Crippen molar-refractivity contribution in [1.29, 1.82) is 0 Å². The van der Waals surface area contributed by atoms with E-state index in [-0.39, 0.29) is 28.1 Å². The minimum atomic E-state index is -1.15. The molecule has 1 saturated carbocycles. The number of anilines is 1. The van der Waals surface area contributed by atoms with Crippen LogP contribution in [0.2, 0.25) is 10.0 Å². The average molecular weight is 528 g/mol. The van der Waals surface area contributed by atoms with Gasteiger partial charge in [0.15, 0.2) is 0 Å². The molecule has 1 aromatic heterocycles. The summed E-state index contributed by atoms with van der Waals surface area (Å²) < 4.78 is 6.15. The molecule has 36 heavy (non-hydrogen) atoms. The quantitative estimate of drug-likeness (QED) is 0.334. The Balaban J connectivity index is 1.29. The molecule has 7 nitrogen and oxygen atoms in total. The Bertz CT molecular complexity index is 1160. The molecule has 1 fully saturated rings. The third-order valence-electron chi connectivity index (χ3n) is 6.15. The Morgan fingerprint density at radius 1 is 0.972 bits per heavy atom. The largest absolute Gasteiger partial charge is 0.490 e. The van der Waals surface area contributed by atoms with Crippen LogP contribution in [-0.2, 0) is 11.2 Å². The minimum absolute atomic E-state index is 0.0563. The van der Waals surface area contributed by atoms with Gasteiger partial charge in [-0.05, 0) is 67.6 Å². The number of ether oxygens (including phenoxy) is 1. The number of aliphatic carboxylic acids is 1. The Hall–Kier alpha value is -3.29. The molecule has 1 aliphatic carbocycles. The molecule has 1 amide bonds. The number of nitrogens with one attached hydrogen (secondary N) is 2. The van der Waals surface area contributed by atoms with E-state index in [1.165, 1.54) is 12.1 Å². The number of amides is 1. The van der Waals surface area contributed by atoms with Crippen molar-refractivity contribution in [3.63, 3.8) is 0 Å². The first kappa shape index (κ1) is 25.8. The van der Waals surface area contributed by atoms with Crippen molar-refractivity contribution >= 4 is 40.9 Å². The minimum Gasteiger partial charge on any atom is -0.490 e. The molecule has 0 spiro atoms. The van der Waals surface area contributed by atoms with Crippen LogP contribution in [0.15, 0.2) is 66.9 Å². The van der Waals surface area contributed by atoms with Crippen LogP contribution >= 0.6 is 23.2 Å². The number of nitrogens with zero attached hydrogens (tertiary/aromatic N) is 1. The van der Waals surface area contributed by atoms with E-state index in [4.69, 9.17) is 27.9 Å². The van der Waals surface area contributed by atoms with Crippen LogP contribution in [0.25, 0.3) is 0 Å². The van der Waals surface area contributed by atoms with Crippen LogP contribution in [0.1, 0.15) is 41.6 Å². The first-order valence-electron chi connectivity index (χ1n) is 11.8. The molecule has 188 valence electrons. The third kappa shape index (κ3) is 6.89. The molecular formula is C27H27Cl2N3O4. The predicted octanol–water partition coefficient (Wildman–Crippen LogP) is 5.62. The molecule has 0 unspecified atom stereocenters. The van der Waals surface area contributed by atoms with Crippen molar-refractivity contribution in [3.05, 3.63) is 88.0 Å². The molecule has 0 aliphatic heterocycles.